The number of anilines is 5. The second-order valence-corrected chi connectivity index (χ2v) is 23.6. The van der Waals surface area contributed by atoms with E-state index in [1.807, 2.05) is 0 Å². The molecule has 4 heterocycles. The Kier molecular flexibility index (Phi) is 8.73. The minimum atomic E-state index is -0.208. The fourth-order valence-electron chi connectivity index (χ4n) is 12.1. The predicted molar refractivity (Wildman–Crippen MR) is 293 cm³/mol. The van der Waals surface area contributed by atoms with Gasteiger partial charge in [0.1, 0.15) is 16.7 Å². The summed E-state index contributed by atoms with van der Waals surface area (Å²) in [6, 6.07) is 57.1. The average Bonchev–Trinajstić information content (AvgIpc) is 3.89. The Hall–Kier alpha value is -6.98. The van der Waals surface area contributed by atoms with Gasteiger partial charge >= 0.3 is 6.85 Å². The van der Waals surface area contributed by atoms with Gasteiger partial charge in [0.15, 0.2) is 5.58 Å². The van der Waals surface area contributed by atoms with Crippen LogP contribution in [0.15, 0.2) is 160 Å². The molecular formula is C64H59BN2O2. The molecule has 3 aliphatic rings. The Morgan fingerprint density at radius 1 is 0.478 bits per heavy atom. The maximum atomic E-state index is 7.17. The van der Waals surface area contributed by atoms with Crippen LogP contribution in [-0.2, 0) is 21.7 Å². The quantitative estimate of drug-likeness (QED) is 0.165. The molecule has 4 nitrogen and oxygen atoms in total. The molecule has 2 aliphatic heterocycles. The molecule has 5 heteroatoms. The first kappa shape index (κ1) is 42.2. The smallest absolute Gasteiger partial charge is 0.333 e. The van der Waals surface area contributed by atoms with Gasteiger partial charge in [-0.3, -0.25) is 0 Å². The van der Waals surface area contributed by atoms with E-state index in [9.17, 15) is 0 Å². The van der Waals surface area contributed by atoms with Crippen LogP contribution in [0.4, 0.5) is 28.4 Å². The lowest BCUT2D eigenvalue weighted by atomic mass is 9.43. The lowest BCUT2D eigenvalue weighted by Crippen LogP contribution is -2.61. The van der Waals surface area contributed by atoms with E-state index in [1.165, 1.54) is 60.8 Å². The largest absolute Gasteiger partial charge is 0.456 e. The second kappa shape index (κ2) is 14.3. The van der Waals surface area contributed by atoms with E-state index in [4.69, 9.17) is 8.83 Å². The number of rotatable bonds is 3. The van der Waals surface area contributed by atoms with Gasteiger partial charge in [0.2, 0.25) is 0 Å². The Labute approximate surface area is 406 Å². The first-order chi connectivity index (χ1) is 32.9. The summed E-state index contributed by atoms with van der Waals surface area (Å²) in [5.74, 6) is 0. The summed E-state index contributed by atoms with van der Waals surface area (Å²) in [6.45, 7) is 23.3. The van der Waals surface area contributed by atoms with E-state index in [0.717, 1.165) is 79.8 Å². The summed E-state index contributed by atoms with van der Waals surface area (Å²) >= 11 is 0. The van der Waals surface area contributed by atoms with Crippen LogP contribution in [0.25, 0.3) is 66.1 Å². The van der Waals surface area contributed by atoms with Crippen LogP contribution in [-0.4, -0.2) is 6.85 Å². The number of fused-ring (bicyclic) bond motifs is 12. The van der Waals surface area contributed by atoms with Crippen molar-refractivity contribution < 1.29 is 8.83 Å². The second-order valence-electron chi connectivity index (χ2n) is 23.6. The number of para-hydroxylation sites is 1. The van der Waals surface area contributed by atoms with Crippen LogP contribution >= 0.6 is 0 Å². The number of hydrogen-bond acceptors (Lipinski definition) is 4. The minimum Gasteiger partial charge on any atom is -0.456 e. The summed E-state index contributed by atoms with van der Waals surface area (Å²) in [4.78, 5) is 5.12. The SMILES string of the molecule is CC(C)(C)c1ccc(N2c3ccc(C(C)(C)C)cc3B3c4c(cc5c(oc6ccccc65)c42)-c2cc4c(cc2N3c2ccc(-c3ccccc3)cc2)oc2cc3c(cc24)C(C)(C)CCC3(C)C)cc1. The number of nitrogens with zero attached hydrogens (tertiary/aromatic N) is 2. The van der Waals surface area contributed by atoms with Gasteiger partial charge in [0.05, 0.1) is 5.69 Å². The van der Waals surface area contributed by atoms with Crippen molar-refractivity contribution in [1.29, 1.82) is 0 Å². The molecule has 8 aromatic carbocycles. The van der Waals surface area contributed by atoms with Gasteiger partial charge in [-0.05, 0) is 145 Å². The van der Waals surface area contributed by atoms with E-state index in [2.05, 4.69) is 231 Å². The standard InChI is InChI=1S/C64H59BN2O2/c1-61(2,3)40-22-27-42(28-23-40)66-53-29-24-41(62(4,5)6)32-52(53)65-58-48(34-49-44-18-14-15-19-55(44)69-60(49)59(58)66)45-33-46-47-35-50-51(64(9,10)31-30-63(50,7)8)36-56(47)68-57(46)37-54(45)67(65)43-25-20-39(21-26-43)38-16-12-11-13-17-38/h11-29,32-37H,30-31H2,1-10H3. The molecule has 0 saturated heterocycles. The average molecular weight is 899 g/mol. The first-order valence-electron chi connectivity index (χ1n) is 25.0. The highest BCUT2D eigenvalue weighted by Crippen LogP contribution is 2.54. The van der Waals surface area contributed by atoms with Gasteiger partial charge in [0, 0.05) is 55.9 Å². The third-order valence-corrected chi connectivity index (χ3v) is 16.2. The van der Waals surface area contributed by atoms with Crippen LogP contribution in [0.2, 0.25) is 0 Å². The number of benzene rings is 8. The number of hydrogen-bond donors (Lipinski definition) is 0. The molecule has 340 valence electrons. The molecule has 0 fully saturated rings. The highest BCUT2D eigenvalue weighted by Gasteiger charge is 2.48. The molecule has 10 aromatic rings. The van der Waals surface area contributed by atoms with Crippen molar-refractivity contribution in [2.45, 2.75) is 104 Å². The summed E-state index contributed by atoms with van der Waals surface area (Å²) in [6.07, 6.45) is 2.31. The third kappa shape index (κ3) is 6.28. The molecular weight excluding hydrogens is 840 g/mol. The molecule has 0 unspecified atom stereocenters. The third-order valence-electron chi connectivity index (χ3n) is 16.2. The summed E-state index contributed by atoms with van der Waals surface area (Å²) in [5, 5.41) is 4.57. The van der Waals surface area contributed by atoms with Crippen LogP contribution in [0.3, 0.4) is 0 Å². The summed E-state index contributed by atoms with van der Waals surface area (Å²) < 4.78 is 14.3. The van der Waals surface area contributed by atoms with Crippen molar-refractivity contribution in [2.75, 3.05) is 9.71 Å². The fraction of sp³-hybridized carbons (Fsp3) is 0.250. The van der Waals surface area contributed by atoms with Gasteiger partial charge in [0.25, 0.3) is 0 Å². The molecule has 2 aromatic heterocycles. The number of furan rings is 2. The van der Waals surface area contributed by atoms with E-state index >= 15 is 0 Å². The molecule has 0 saturated carbocycles. The molecule has 0 amide bonds. The van der Waals surface area contributed by atoms with Crippen molar-refractivity contribution in [3.8, 4) is 22.3 Å². The van der Waals surface area contributed by atoms with Crippen molar-refractivity contribution in [3.63, 3.8) is 0 Å². The minimum absolute atomic E-state index is 0.0110. The van der Waals surface area contributed by atoms with E-state index in [-0.39, 0.29) is 28.5 Å². The summed E-state index contributed by atoms with van der Waals surface area (Å²) in [5.41, 5.74) is 22.1. The zero-order valence-corrected chi connectivity index (χ0v) is 41.6. The van der Waals surface area contributed by atoms with Crippen LogP contribution < -0.4 is 20.6 Å². The summed E-state index contributed by atoms with van der Waals surface area (Å²) in [7, 11) is 0. The lowest BCUT2D eigenvalue weighted by Gasteiger charge is -2.46. The molecule has 0 N–H and O–H groups in total. The van der Waals surface area contributed by atoms with E-state index < -0.39 is 0 Å². The maximum absolute atomic E-state index is 7.17. The molecule has 0 atom stereocenters. The maximum Gasteiger partial charge on any atom is 0.333 e. The van der Waals surface area contributed by atoms with Crippen LogP contribution in [0.1, 0.15) is 104 Å². The monoisotopic (exact) mass is 898 g/mol. The Bertz CT molecular complexity index is 3750. The van der Waals surface area contributed by atoms with Crippen molar-refractivity contribution >= 4 is 90.1 Å². The van der Waals surface area contributed by atoms with Gasteiger partial charge in [-0.15, -0.1) is 0 Å². The molecule has 13 rings (SSSR count). The molecule has 69 heavy (non-hydrogen) atoms. The molecule has 0 spiro atoms. The fourth-order valence-corrected chi connectivity index (χ4v) is 12.1. The van der Waals surface area contributed by atoms with Gasteiger partial charge in [-0.1, -0.05) is 154 Å². The van der Waals surface area contributed by atoms with Gasteiger partial charge < -0.3 is 18.5 Å². The predicted octanol–water partition coefficient (Wildman–Crippen LogP) is 16.8. The molecule has 0 radical (unpaired) electrons. The van der Waals surface area contributed by atoms with E-state index in [1.54, 1.807) is 0 Å². The van der Waals surface area contributed by atoms with Crippen molar-refractivity contribution in [2.24, 2.45) is 0 Å². The van der Waals surface area contributed by atoms with Crippen LogP contribution in [0, 0.1) is 0 Å². The van der Waals surface area contributed by atoms with Gasteiger partial charge in [-0.25, -0.2) is 0 Å². The first-order valence-corrected chi connectivity index (χ1v) is 25.0. The van der Waals surface area contributed by atoms with Gasteiger partial charge in [-0.2, -0.15) is 0 Å². The van der Waals surface area contributed by atoms with Crippen molar-refractivity contribution in [3.05, 3.63) is 174 Å². The zero-order valence-electron chi connectivity index (χ0n) is 41.6. The highest BCUT2D eigenvalue weighted by atomic mass is 16.3. The molecule has 1 aliphatic carbocycles. The topological polar surface area (TPSA) is 32.8 Å². The lowest BCUT2D eigenvalue weighted by molar-refractivity contribution is 0.332. The van der Waals surface area contributed by atoms with Crippen molar-refractivity contribution in [1.82, 2.24) is 0 Å². The highest BCUT2D eigenvalue weighted by molar-refractivity contribution is 6.94. The zero-order chi connectivity index (χ0) is 47.5. The normalized spacial score (nSPS) is 16.0. The Morgan fingerprint density at radius 3 is 1.78 bits per heavy atom. The Morgan fingerprint density at radius 2 is 1.07 bits per heavy atom. The van der Waals surface area contributed by atoms with E-state index in [0.29, 0.717) is 0 Å². The molecule has 0 bridgehead atoms. The Balaban J connectivity index is 1.17. The van der Waals surface area contributed by atoms with Crippen LogP contribution in [0.5, 0.6) is 0 Å².